The lowest BCUT2D eigenvalue weighted by molar-refractivity contribution is 0.0710. The number of azo groups is 1. The van der Waals surface area contributed by atoms with Crippen LogP contribution >= 0.6 is 7.82 Å². The molecular weight excluding hydrogens is 385 g/mol. The number of phosphoric ester groups is 1. The number of aryl methyl sites for hydroxylation is 1. The standard InChI is InChI=1S/C18H22N3O6P/c1-12-3-7-15(8-4-12)20-21-16-9-5-14(6-10-16)18(23)19-17(11-22)13(2)27-28(24,25)26/h3-10,13,17,22H,11H2,1-2H3,(H,19,23)(H2,24,25,26)/t13-,17-/m1/s1. The average molecular weight is 407 g/mol. The fourth-order valence-corrected chi connectivity index (χ4v) is 2.84. The van der Waals surface area contributed by atoms with Crippen LogP contribution in [0.2, 0.25) is 0 Å². The lowest BCUT2D eigenvalue weighted by Gasteiger charge is -2.23. The van der Waals surface area contributed by atoms with Crippen molar-refractivity contribution in [3.8, 4) is 0 Å². The highest BCUT2D eigenvalue weighted by molar-refractivity contribution is 7.46. The molecule has 0 saturated carbocycles. The van der Waals surface area contributed by atoms with Gasteiger partial charge in [0.2, 0.25) is 0 Å². The third-order valence-electron chi connectivity index (χ3n) is 3.83. The number of nitrogens with one attached hydrogen (secondary N) is 1. The molecule has 4 N–H and O–H groups in total. The summed E-state index contributed by atoms with van der Waals surface area (Å²) < 4.78 is 15.4. The molecule has 2 aromatic rings. The second-order valence-corrected chi connectivity index (χ2v) is 7.34. The van der Waals surface area contributed by atoms with Crippen molar-refractivity contribution in [2.75, 3.05) is 6.61 Å². The van der Waals surface area contributed by atoms with E-state index in [2.05, 4.69) is 20.1 Å². The zero-order valence-corrected chi connectivity index (χ0v) is 16.3. The lowest BCUT2D eigenvalue weighted by atomic mass is 10.1. The Morgan fingerprint density at radius 3 is 2.04 bits per heavy atom. The summed E-state index contributed by atoms with van der Waals surface area (Å²) in [6, 6.07) is 12.8. The normalized spacial score (nSPS) is 14.0. The number of nitrogens with zero attached hydrogens (tertiary/aromatic N) is 2. The Morgan fingerprint density at radius 2 is 1.57 bits per heavy atom. The number of phosphoric acid groups is 1. The van der Waals surface area contributed by atoms with Gasteiger partial charge in [0.1, 0.15) is 0 Å². The molecule has 1 amide bonds. The Hall–Kier alpha value is -2.42. The minimum atomic E-state index is -4.73. The highest BCUT2D eigenvalue weighted by Gasteiger charge is 2.27. The molecule has 0 saturated heterocycles. The van der Waals surface area contributed by atoms with E-state index >= 15 is 0 Å². The molecule has 0 bridgehead atoms. The summed E-state index contributed by atoms with van der Waals surface area (Å²) in [6.07, 6.45) is -1.09. The molecule has 2 atom stereocenters. The van der Waals surface area contributed by atoms with Gasteiger partial charge in [-0.2, -0.15) is 10.2 Å². The first-order valence-corrected chi connectivity index (χ1v) is 9.95. The van der Waals surface area contributed by atoms with E-state index < -0.39 is 32.5 Å². The quantitative estimate of drug-likeness (QED) is 0.392. The van der Waals surface area contributed by atoms with Crippen molar-refractivity contribution >= 4 is 25.1 Å². The van der Waals surface area contributed by atoms with Crippen LogP contribution in [0.25, 0.3) is 0 Å². The van der Waals surface area contributed by atoms with Gasteiger partial charge >= 0.3 is 7.82 Å². The molecule has 0 unspecified atom stereocenters. The van der Waals surface area contributed by atoms with Crippen molar-refractivity contribution < 1.29 is 28.8 Å². The van der Waals surface area contributed by atoms with Gasteiger partial charge in [0.25, 0.3) is 5.91 Å². The number of hydrogen-bond donors (Lipinski definition) is 4. The highest BCUT2D eigenvalue weighted by Crippen LogP contribution is 2.38. The maximum Gasteiger partial charge on any atom is 0.469 e. The second-order valence-electron chi connectivity index (χ2n) is 6.15. The van der Waals surface area contributed by atoms with Crippen LogP contribution in [0, 0.1) is 6.92 Å². The number of benzene rings is 2. The molecule has 0 radical (unpaired) electrons. The smallest absolute Gasteiger partial charge is 0.394 e. The third-order valence-corrected chi connectivity index (χ3v) is 4.43. The molecule has 28 heavy (non-hydrogen) atoms. The molecule has 0 aliphatic rings. The number of hydrogen-bond acceptors (Lipinski definition) is 6. The molecule has 0 spiro atoms. The Bertz CT molecular complexity index is 864. The number of carbonyl (C=O) groups excluding carboxylic acids is 1. The average Bonchev–Trinajstić information content (AvgIpc) is 2.64. The minimum absolute atomic E-state index is 0.288. The molecule has 2 aromatic carbocycles. The van der Waals surface area contributed by atoms with Crippen LogP contribution in [0.1, 0.15) is 22.8 Å². The van der Waals surface area contributed by atoms with Gasteiger partial charge in [0, 0.05) is 5.56 Å². The fraction of sp³-hybridized carbons (Fsp3) is 0.278. The monoisotopic (exact) mass is 407 g/mol. The first-order valence-electron chi connectivity index (χ1n) is 8.42. The van der Waals surface area contributed by atoms with Crippen molar-refractivity contribution in [3.05, 3.63) is 59.7 Å². The van der Waals surface area contributed by atoms with Crippen LogP contribution in [0.15, 0.2) is 58.8 Å². The van der Waals surface area contributed by atoms with Crippen molar-refractivity contribution in [1.29, 1.82) is 0 Å². The van der Waals surface area contributed by atoms with Crippen LogP contribution < -0.4 is 5.32 Å². The summed E-state index contributed by atoms with van der Waals surface area (Å²) in [5, 5.41) is 20.0. The summed E-state index contributed by atoms with van der Waals surface area (Å²) in [7, 11) is -4.73. The lowest BCUT2D eigenvalue weighted by Crippen LogP contribution is -2.45. The van der Waals surface area contributed by atoms with Gasteiger partial charge in [-0.1, -0.05) is 17.7 Å². The van der Waals surface area contributed by atoms with Gasteiger partial charge in [-0.05, 0) is 50.2 Å². The molecule has 150 valence electrons. The van der Waals surface area contributed by atoms with Crippen LogP contribution in [-0.2, 0) is 9.09 Å². The minimum Gasteiger partial charge on any atom is -0.394 e. The van der Waals surface area contributed by atoms with Gasteiger partial charge < -0.3 is 20.2 Å². The molecule has 0 heterocycles. The van der Waals surface area contributed by atoms with E-state index in [4.69, 9.17) is 9.79 Å². The Kier molecular flexibility index (Phi) is 7.56. The van der Waals surface area contributed by atoms with Crippen LogP contribution in [-0.4, -0.2) is 39.6 Å². The third kappa shape index (κ3) is 6.95. The van der Waals surface area contributed by atoms with E-state index in [1.807, 2.05) is 31.2 Å². The predicted molar refractivity (Wildman–Crippen MR) is 103 cm³/mol. The van der Waals surface area contributed by atoms with Crippen molar-refractivity contribution in [2.45, 2.75) is 26.0 Å². The molecule has 10 heteroatoms. The van der Waals surface area contributed by atoms with Gasteiger partial charge in [-0.25, -0.2) is 4.57 Å². The zero-order chi connectivity index (χ0) is 20.7. The zero-order valence-electron chi connectivity index (χ0n) is 15.4. The van der Waals surface area contributed by atoms with Crippen LogP contribution in [0.5, 0.6) is 0 Å². The SMILES string of the molecule is Cc1ccc(N=Nc2ccc(C(=O)N[C@H](CO)[C@@H](C)OP(=O)(O)O)cc2)cc1. The summed E-state index contributed by atoms with van der Waals surface area (Å²) >= 11 is 0. The maximum absolute atomic E-state index is 12.3. The number of rotatable bonds is 8. The number of amides is 1. The van der Waals surface area contributed by atoms with Gasteiger partial charge in [0.15, 0.2) is 0 Å². The molecule has 0 fully saturated rings. The summed E-state index contributed by atoms with van der Waals surface area (Å²) in [5.74, 6) is -0.526. The topological polar surface area (TPSA) is 141 Å². The van der Waals surface area contributed by atoms with Gasteiger partial charge in [0.05, 0.1) is 30.1 Å². The molecule has 2 rings (SSSR count). The maximum atomic E-state index is 12.3. The predicted octanol–water partition coefficient (Wildman–Crippen LogP) is 3.00. The molecule has 0 aliphatic heterocycles. The number of aliphatic hydroxyl groups is 1. The Morgan fingerprint density at radius 1 is 1.07 bits per heavy atom. The van der Waals surface area contributed by atoms with Gasteiger partial charge in [-0.15, -0.1) is 0 Å². The van der Waals surface area contributed by atoms with E-state index in [1.54, 1.807) is 12.1 Å². The van der Waals surface area contributed by atoms with Crippen LogP contribution in [0.4, 0.5) is 11.4 Å². The summed E-state index contributed by atoms with van der Waals surface area (Å²) in [6.45, 7) is 2.77. The second kappa shape index (κ2) is 9.68. The first-order chi connectivity index (χ1) is 13.2. The molecule has 9 nitrogen and oxygen atoms in total. The van der Waals surface area contributed by atoms with E-state index in [1.165, 1.54) is 19.1 Å². The van der Waals surface area contributed by atoms with E-state index in [9.17, 15) is 14.5 Å². The van der Waals surface area contributed by atoms with E-state index in [0.717, 1.165) is 5.56 Å². The van der Waals surface area contributed by atoms with E-state index in [0.29, 0.717) is 11.4 Å². The fourth-order valence-electron chi connectivity index (χ4n) is 2.26. The van der Waals surface area contributed by atoms with Crippen molar-refractivity contribution in [3.63, 3.8) is 0 Å². The number of carbonyl (C=O) groups is 1. The largest absolute Gasteiger partial charge is 0.469 e. The molecular formula is C18H22N3O6P. The molecule has 0 aliphatic carbocycles. The van der Waals surface area contributed by atoms with Crippen LogP contribution in [0.3, 0.4) is 0 Å². The van der Waals surface area contributed by atoms with Gasteiger partial charge in [-0.3, -0.25) is 9.32 Å². The summed E-state index contributed by atoms with van der Waals surface area (Å²) in [5.41, 5.74) is 2.67. The van der Waals surface area contributed by atoms with E-state index in [-0.39, 0.29) is 5.56 Å². The molecule has 0 aromatic heterocycles. The Balaban J connectivity index is 2.00. The Labute approximate surface area is 162 Å². The highest BCUT2D eigenvalue weighted by atomic mass is 31.2. The summed E-state index contributed by atoms with van der Waals surface area (Å²) in [4.78, 5) is 30.0. The number of aliphatic hydroxyl groups excluding tert-OH is 1. The first kappa shape index (κ1) is 21.9. The van der Waals surface area contributed by atoms with Crippen molar-refractivity contribution in [2.24, 2.45) is 10.2 Å². The van der Waals surface area contributed by atoms with Crippen molar-refractivity contribution in [1.82, 2.24) is 5.32 Å².